The van der Waals surface area contributed by atoms with Crippen molar-refractivity contribution in [2.45, 2.75) is 18.9 Å². The van der Waals surface area contributed by atoms with Gasteiger partial charge in [0.15, 0.2) is 0 Å². The standard InChI is InChI=1S/C24H19N3O2S/c28-24-19-13-7-8-14-21(19)30-27(24)20(15-17-9-3-1-4-10-17)23-26-25-22(29-23)16-18-11-5-2-6-12-18/h1-14,20H,15-16H2/t20-/m0/s1. The van der Waals surface area contributed by atoms with E-state index in [1.54, 1.807) is 3.96 Å². The molecule has 0 fully saturated rings. The molecule has 5 nitrogen and oxygen atoms in total. The van der Waals surface area contributed by atoms with Crippen LogP contribution in [0.1, 0.15) is 29.0 Å². The summed E-state index contributed by atoms with van der Waals surface area (Å²) in [6.07, 6.45) is 1.16. The predicted octanol–water partition coefficient (Wildman–Crippen LogP) is 4.87. The van der Waals surface area contributed by atoms with E-state index in [1.165, 1.54) is 11.5 Å². The van der Waals surface area contributed by atoms with Crippen LogP contribution in [0.3, 0.4) is 0 Å². The number of benzene rings is 3. The number of nitrogens with zero attached hydrogens (tertiary/aromatic N) is 3. The third-order valence-corrected chi connectivity index (χ3v) is 6.20. The van der Waals surface area contributed by atoms with E-state index in [2.05, 4.69) is 10.2 Å². The van der Waals surface area contributed by atoms with Gasteiger partial charge in [0.2, 0.25) is 11.8 Å². The lowest BCUT2D eigenvalue weighted by Crippen LogP contribution is -2.22. The highest BCUT2D eigenvalue weighted by molar-refractivity contribution is 7.13. The number of hydrogen-bond donors (Lipinski definition) is 0. The van der Waals surface area contributed by atoms with Crippen LogP contribution >= 0.6 is 11.5 Å². The average molecular weight is 414 g/mol. The number of rotatable bonds is 6. The summed E-state index contributed by atoms with van der Waals surface area (Å²) in [6.45, 7) is 0. The fourth-order valence-corrected chi connectivity index (χ4v) is 4.62. The Morgan fingerprint density at radius 2 is 1.50 bits per heavy atom. The topological polar surface area (TPSA) is 60.9 Å². The van der Waals surface area contributed by atoms with Crippen LogP contribution in [0.5, 0.6) is 0 Å². The fourth-order valence-electron chi connectivity index (χ4n) is 3.55. The van der Waals surface area contributed by atoms with Crippen LogP contribution in [0.15, 0.2) is 94.1 Å². The molecule has 0 aliphatic rings. The minimum atomic E-state index is -0.352. The van der Waals surface area contributed by atoms with Crippen molar-refractivity contribution in [2.24, 2.45) is 0 Å². The van der Waals surface area contributed by atoms with E-state index in [0.29, 0.717) is 30.0 Å². The predicted molar refractivity (Wildman–Crippen MR) is 118 cm³/mol. The van der Waals surface area contributed by atoms with E-state index < -0.39 is 0 Å². The zero-order valence-corrected chi connectivity index (χ0v) is 17.0. The molecular formula is C24H19N3O2S. The van der Waals surface area contributed by atoms with Gasteiger partial charge in [-0.3, -0.25) is 8.75 Å². The van der Waals surface area contributed by atoms with Crippen LogP contribution in [0, 0.1) is 0 Å². The molecule has 0 spiro atoms. The van der Waals surface area contributed by atoms with Gasteiger partial charge in [0.05, 0.1) is 16.5 Å². The first-order valence-electron chi connectivity index (χ1n) is 9.78. The molecule has 2 heterocycles. The van der Waals surface area contributed by atoms with Crippen LogP contribution < -0.4 is 5.56 Å². The molecule has 0 amide bonds. The van der Waals surface area contributed by atoms with E-state index >= 15 is 0 Å². The van der Waals surface area contributed by atoms with Crippen molar-refractivity contribution >= 4 is 21.6 Å². The first kappa shape index (κ1) is 18.5. The first-order chi connectivity index (χ1) is 14.8. The van der Waals surface area contributed by atoms with Crippen LogP contribution in [0.2, 0.25) is 0 Å². The Kier molecular flexibility index (Phi) is 4.99. The van der Waals surface area contributed by atoms with Crippen molar-refractivity contribution in [2.75, 3.05) is 0 Å². The molecule has 0 bridgehead atoms. The monoisotopic (exact) mass is 413 g/mol. The maximum atomic E-state index is 13.1. The summed E-state index contributed by atoms with van der Waals surface area (Å²) in [5.74, 6) is 1.00. The minimum Gasteiger partial charge on any atom is -0.423 e. The Bertz CT molecular complexity index is 1320. The van der Waals surface area contributed by atoms with Gasteiger partial charge in [-0.2, -0.15) is 0 Å². The largest absolute Gasteiger partial charge is 0.423 e. The van der Waals surface area contributed by atoms with Gasteiger partial charge in [0.1, 0.15) is 6.04 Å². The van der Waals surface area contributed by atoms with Gasteiger partial charge in [0, 0.05) is 6.42 Å². The molecule has 30 heavy (non-hydrogen) atoms. The normalized spacial score (nSPS) is 12.3. The zero-order valence-electron chi connectivity index (χ0n) is 16.1. The number of fused-ring (bicyclic) bond motifs is 1. The van der Waals surface area contributed by atoms with Gasteiger partial charge in [-0.05, 0) is 23.3 Å². The molecule has 2 aromatic heterocycles. The Morgan fingerprint density at radius 3 is 2.23 bits per heavy atom. The minimum absolute atomic E-state index is 0.0284. The molecule has 0 aliphatic heterocycles. The SMILES string of the molecule is O=c1c2ccccc2sn1[C@@H](Cc1ccccc1)c1nnc(Cc2ccccc2)o1. The summed E-state index contributed by atoms with van der Waals surface area (Å²) in [5, 5.41) is 9.30. The van der Waals surface area contributed by atoms with Gasteiger partial charge in [-0.25, -0.2) is 0 Å². The lowest BCUT2D eigenvalue weighted by molar-refractivity contribution is 0.400. The Labute approximate surface area is 177 Å². The molecule has 5 rings (SSSR count). The third kappa shape index (κ3) is 3.69. The van der Waals surface area contributed by atoms with Crippen LogP contribution in [-0.2, 0) is 12.8 Å². The number of aromatic nitrogens is 3. The Morgan fingerprint density at radius 1 is 0.833 bits per heavy atom. The van der Waals surface area contributed by atoms with Crippen molar-refractivity contribution in [3.8, 4) is 0 Å². The molecule has 0 aliphatic carbocycles. The highest BCUT2D eigenvalue weighted by atomic mass is 32.1. The molecule has 0 N–H and O–H groups in total. The smallest absolute Gasteiger partial charge is 0.269 e. The molecule has 0 radical (unpaired) electrons. The summed E-state index contributed by atoms with van der Waals surface area (Å²) in [6, 6.07) is 27.4. The van der Waals surface area contributed by atoms with Gasteiger partial charge in [0.25, 0.3) is 5.56 Å². The first-order valence-corrected chi connectivity index (χ1v) is 10.6. The number of hydrogen-bond acceptors (Lipinski definition) is 5. The molecule has 0 saturated heterocycles. The second-order valence-electron chi connectivity index (χ2n) is 7.12. The summed E-state index contributed by atoms with van der Waals surface area (Å²) in [7, 11) is 0. The fraction of sp³-hybridized carbons (Fsp3) is 0.125. The van der Waals surface area contributed by atoms with Crippen molar-refractivity contribution in [1.29, 1.82) is 0 Å². The lowest BCUT2D eigenvalue weighted by Gasteiger charge is -2.13. The zero-order chi connectivity index (χ0) is 20.3. The average Bonchev–Trinajstić information content (AvgIpc) is 3.38. The summed E-state index contributed by atoms with van der Waals surface area (Å²) >= 11 is 1.44. The van der Waals surface area contributed by atoms with Gasteiger partial charge >= 0.3 is 0 Å². The van der Waals surface area contributed by atoms with Gasteiger partial charge in [-0.15, -0.1) is 10.2 Å². The highest BCUT2D eigenvalue weighted by Crippen LogP contribution is 2.27. The second kappa shape index (κ2) is 8.08. The quantitative estimate of drug-likeness (QED) is 0.398. The van der Waals surface area contributed by atoms with Gasteiger partial charge < -0.3 is 4.42 Å². The van der Waals surface area contributed by atoms with E-state index in [-0.39, 0.29) is 11.6 Å². The van der Waals surface area contributed by atoms with Crippen molar-refractivity contribution in [3.05, 3.63) is 118 Å². The maximum Gasteiger partial charge on any atom is 0.269 e. The van der Waals surface area contributed by atoms with Crippen molar-refractivity contribution in [1.82, 2.24) is 14.2 Å². The van der Waals surface area contributed by atoms with E-state index in [0.717, 1.165) is 15.8 Å². The molecule has 5 aromatic rings. The Hall–Kier alpha value is -3.51. The molecular weight excluding hydrogens is 394 g/mol. The second-order valence-corrected chi connectivity index (χ2v) is 8.14. The Balaban J connectivity index is 1.54. The highest BCUT2D eigenvalue weighted by Gasteiger charge is 2.25. The van der Waals surface area contributed by atoms with Crippen LogP contribution in [-0.4, -0.2) is 14.2 Å². The van der Waals surface area contributed by atoms with Crippen molar-refractivity contribution < 1.29 is 4.42 Å². The summed E-state index contributed by atoms with van der Waals surface area (Å²) in [5.41, 5.74) is 2.18. The summed E-state index contributed by atoms with van der Waals surface area (Å²) in [4.78, 5) is 13.1. The molecule has 148 valence electrons. The van der Waals surface area contributed by atoms with E-state index in [4.69, 9.17) is 4.42 Å². The maximum absolute atomic E-state index is 13.1. The molecule has 6 heteroatoms. The van der Waals surface area contributed by atoms with Crippen molar-refractivity contribution in [3.63, 3.8) is 0 Å². The van der Waals surface area contributed by atoms with Crippen LogP contribution in [0.4, 0.5) is 0 Å². The molecule has 3 aromatic carbocycles. The van der Waals surface area contributed by atoms with Gasteiger partial charge in [-0.1, -0.05) is 84.3 Å². The van der Waals surface area contributed by atoms with E-state index in [1.807, 2.05) is 84.9 Å². The molecule has 0 saturated carbocycles. The molecule has 1 atom stereocenters. The third-order valence-electron chi connectivity index (χ3n) is 5.03. The summed E-state index contributed by atoms with van der Waals surface area (Å²) < 4.78 is 8.76. The van der Waals surface area contributed by atoms with E-state index in [9.17, 15) is 4.79 Å². The lowest BCUT2D eigenvalue weighted by atomic mass is 10.1. The molecule has 0 unspecified atom stereocenters. The van der Waals surface area contributed by atoms with Crippen LogP contribution in [0.25, 0.3) is 10.1 Å².